The van der Waals surface area contributed by atoms with Crippen molar-refractivity contribution < 1.29 is 4.79 Å². The summed E-state index contributed by atoms with van der Waals surface area (Å²) in [6.07, 6.45) is 1.99. The molecule has 0 spiro atoms. The Morgan fingerprint density at radius 1 is 1.43 bits per heavy atom. The quantitative estimate of drug-likeness (QED) is 0.679. The highest BCUT2D eigenvalue weighted by molar-refractivity contribution is 6.34. The topological polar surface area (TPSA) is 17.1 Å². The molecule has 2 rings (SSSR count). The zero-order valence-corrected chi connectivity index (χ0v) is 9.19. The second-order valence-electron chi connectivity index (χ2n) is 4.37. The van der Waals surface area contributed by atoms with Gasteiger partial charge in [-0.25, -0.2) is 0 Å². The average Bonchev–Trinajstić information content (AvgIpc) is 2.88. The third-order valence-electron chi connectivity index (χ3n) is 2.91. The molecule has 1 saturated carbocycles. The molecule has 1 fully saturated rings. The van der Waals surface area contributed by atoms with E-state index in [9.17, 15) is 4.79 Å². The number of carbonyl (C=O) groups is 1. The number of carbonyl (C=O) groups excluding carboxylic acids is 1. The van der Waals surface area contributed by atoms with Crippen molar-refractivity contribution in [1.82, 2.24) is 0 Å². The molecule has 0 amide bonds. The van der Waals surface area contributed by atoms with Crippen molar-refractivity contribution in [2.24, 2.45) is 5.41 Å². The normalized spacial score (nSPS) is 17.9. The number of rotatable bonds is 2. The summed E-state index contributed by atoms with van der Waals surface area (Å²) in [5.74, 6) is 0.200. The zero-order chi connectivity index (χ0) is 10.3. The number of ketones is 1. The fourth-order valence-electron chi connectivity index (χ4n) is 1.55. The molecule has 0 unspecified atom stereocenters. The summed E-state index contributed by atoms with van der Waals surface area (Å²) in [4.78, 5) is 12.0. The Morgan fingerprint density at radius 3 is 2.64 bits per heavy atom. The lowest BCUT2D eigenvalue weighted by atomic mass is 9.96. The van der Waals surface area contributed by atoms with E-state index in [0.717, 1.165) is 18.4 Å². The predicted molar refractivity (Wildman–Crippen MR) is 57.9 cm³/mol. The Morgan fingerprint density at radius 2 is 2.07 bits per heavy atom. The Labute approximate surface area is 89.1 Å². The van der Waals surface area contributed by atoms with Crippen molar-refractivity contribution in [2.75, 3.05) is 0 Å². The molecule has 1 nitrogen and oxygen atoms in total. The lowest BCUT2D eigenvalue weighted by molar-refractivity contribution is 0.0912. The lowest BCUT2D eigenvalue weighted by Gasteiger charge is -2.09. The molecule has 1 aromatic carbocycles. The van der Waals surface area contributed by atoms with Gasteiger partial charge in [0, 0.05) is 11.0 Å². The number of benzene rings is 1. The maximum Gasteiger partial charge on any atom is 0.170 e. The van der Waals surface area contributed by atoms with Crippen molar-refractivity contribution in [3.8, 4) is 0 Å². The number of hydrogen-bond donors (Lipinski definition) is 0. The van der Waals surface area contributed by atoms with Gasteiger partial charge in [-0.2, -0.15) is 0 Å². The second-order valence-corrected chi connectivity index (χ2v) is 4.78. The van der Waals surface area contributed by atoms with E-state index in [4.69, 9.17) is 11.6 Å². The number of Topliss-reactive ketones (excluding diaryl/α,β-unsaturated/α-hetero) is 1. The van der Waals surface area contributed by atoms with Crippen molar-refractivity contribution in [1.29, 1.82) is 0 Å². The molecule has 0 aliphatic heterocycles. The lowest BCUT2D eigenvalue weighted by Crippen LogP contribution is -2.12. The Hall–Kier alpha value is -0.820. The Kier molecular flexibility index (Phi) is 2.15. The van der Waals surface area contributed by atoms with Crippen molar-refractivity contribution in [3.63, 3.8) is 0 Å². The van der Waals surface area contributed by atoms with Gasteiger partial charge in [-0.15, -0.1) is 0 Å². The summed E-state index contributed by atoms with van der Waals surface area (Å²) in [5.41, 5.74) is 1.64. The Bertz CT molecular complexity index is 391. The summed E-state index contributed by atoms with van der Waals surface area (Å²) in [5, 5.41) is 0.578. The minimum Gasteiger partial charge on any atom is -0.294 e. The SMILES string of the molecule is Cc1ccc(Cl)c(C(=O)C2(C)CC2)c1. The van der Waals surface area contributed by atoms with Gasteiger partial charge in [0.25, 0.3) is 0 Å². The van der Waals surface area contributed by atoms with E-state index in [0.29, 0.717) is 10.6 Å². The zero-order valence-electron chi connectivity index (χ0n) is 8.43. The van der Waals surface area contributed by atoms with Crippen LogP contribution >= 0.6 is 11.6 Å². The second kappa shape index (κ2) is 3.09. The number of halogens is 1. The van der Waals surface area contributed by atoms with E-state index in [-0.39, 0.29) is 11.2 Å². The summed E-state index contributed by atoms with van der Waals surface area (Å²) in [7, 11) is 0. The fraction of sp³-hybridized carbons (Fsp3) is 0.417. The summed E-state index contributed by atoms with van der Waals surface area (Å²) >= 11 is 6.00. The van der Waals surface area contributed by atoms with Gasteiger partial charge in [0.1, 0.15) is 0 Å². The summed E-state index contributed by atoms with van der Waals surface area (Å²) in [6, 6.07) is 5.61. The first-order valence-electron chi connectivity index (χ1n) is 4.84. The van der Waals surface area contributed by atoms with Gasteiger partial charge in [-0.3, -0.25) is 4.79 Å². The van der Waals surface area contributed by atoms with Crippen molar-refractivity contribution in [2.45, 2.75) is 26.7 Å². The first kappa shape index (κ1) is 9.72. The van der Waals surface area contributed by atoms with Crippen LogP contribution in [0.3, 0.4) is 0 Å². The van der Waals surface area contributed by atoms with E-state index >= 15 is 0 Å². The summed E-state index contributed by atoms with van der Waals surface area (Å²) in [6.45, 7) is 3.98. The maximum absolute atomic E-state index is 12.0. The molecule has 0 heterocycles. The van der Waals surface area contributed by atoms with Gasteiger partial charge in [0.15, 0.2) is 5.78 Å². The molecule has 0 saturated heterocycles. The summed E-state index contributed by atoms with van der Waals surface area (Å²) < 4.78 is 0. The van der Waals surface area contributed by atoms with Crippen LogP contribution < -0.4 is 0 Å². The van der Waals surface area contributed by atoms with Gasteiger partial charge >= 0.3 is 0 Å². The van der Waals surface area contributed by atoms with E-state index in [1.54, 1.807) is 6.07 Å². The van der Waals surface area contributed by atoms with Gasteiger partial charge in [-0.05, 0) is 31.9 Å². The highest BCUT2D eigenvalue weighted by Crippen LogP contribution is 2.48. The largest absolute Gasteiger partial charge is 0.294 e. The van der Waals surface area contributed by atoms with Crippen LogP contribution in [0.5, 0.6) is 0 Å². The monoisotopic (exact) mass is 208 g/mol. The van der Waals surface area contributed by atoms with Crippen LogP contribution in [0, 0.1) is 12.3 Å². The molecular weight excluding hydrogens is 196 g/mol. The van der Waals surface area contributed by atoms with Crippen LogP contribution in [-0.2, 0) is 0 Å². The molecule has 1 aliphatic carbocycles. The van der Waals surface area contributed by atoms with Crippen LogP contribution in [0.4, 0.5) is 0 Å². The van der Waals surface area contributed by atoms with Gasteiger partial charge in [0.2, 0.25) is 0 Å². The van der Waals surface area contributed by atoms with Crippen LogP contribution in [0.15, 0.2) is 18.2 Å². The van der Waals surface area contributed by atoms with Gasteiger partial charge in [-0.1, -0.05) is 30.2 Å². The van der Waals surface area contributed by atoms with Gasteiger partial charge < -0.3 is 0 Å². The third-order valence-corrected chi connectivity index (χ3v) is 3.24. The molecule has 1 aromatic rings. The Balaban J connectivity index is 2.40. The molecule has 0 radical (unpaired) electrons. The molecule has 0 aromatic heterocycles. The highest BCUT2D eigenvalue weighted by atomic mass is 35.5. The smallest absolute Gasteiger partial charge is 0.170 e. The van der Waals surface area contributed by atoms with E-state index in [1.807, 2.05) is 26.0 Å². The van der Waals surface area contributed by atoms with Crippen LogP contribution in [0.2, 0.25) is 5.02 Å². The molecule has 74 valence electrons. The minimum absolute atomic E-state index is 0.128. The molecule has 0 N–H and O–H groups in total. The minimum atomic E-state index is -0.128. The first-order chi connectivity index (χ1) is 6.53. The average molecular weight is 209 g/mol. The van der Waals surface area contributed by atoms with E-state index in [2.05, 4.69) is 0 Å². The van der Waals surface area contributed by atoms with Crippen LogP contribution in [0.25, 0.3) is 0 Å². The molecule has 14 heavy (non-hydrogen) atoms. The van der Waals surface area contributed by atoms with E-state index < -0.39 is 0 Å². The number of aryl methyl sites for hydroxylation is 1. The van der Waals surface area contributed by atoms with Crippen molar-refractivity contribution in [3.05, 3.63) is 34.3 Å². The first-order valence-corrected chi connectivity index (χ1v) is 5.22. The predicted octanol–water partition coefficient (Wildman–Crippen LogP) is 3.63. The maximum atomic E-state index is 12.0. The third kappa shape index (κ3) is 1.57. The van der Waals surface area contributed by atoms with Crippen molar-refractivity contribution >= 4 is 17.4 Å². The standard InChI is InChI=1S/C12H13ClO/c1-8-3-4-10(13)9(7-8)11(14)12(2)5-6-12/h3-4,7H,5-6H2,1-2H3. The molecule has 1 aliphatic rings. The van der Waals surface area contributed by atoms with E-state index in [1.165, 1.54) is 0 Å². The highest BCUT2D eigenvalue weighted by Gasteiger charge is 2.45. The molecule has 0 bridgehead atoms. The van der Waals surface area contributed by atoms with Gasteiger partial charge in [0.05, 0.1) is 5.02 Å². The molecular formula is C12H13ClO. The fourth-order valence-corrected chi connectivity index (χ4v) is 1.76. The van der Waals surface area contributed by atoms with Crippen LogP contribution in [0.1, 0.15) is 35.7 Å². The number of hydrogen-bond acceptors (Lipinski definition) is 1. The molecule has 0 atom stereocenters. The van der Waals surface area contributed by atoms with Crippen LogP contribution in [-0.4, -0.2) is 5.78 Å². The molecule has 2 heteroatoms.